The van der Waals surface area contributed by atoms with Gasteiger partial charge in [-0.15, -0.1) is 0 Å². The molecule has 86 valence electrons. The van der Waals surface area contributed by atoms with Gasteiger partial charge in [0.1, 0.15) is 5.56 Å². The highest BCUT2D eigenvalue weighted by molar-refractivity contribution is 5.55. The quantitative estimate of drug-likeness (QED) is 0.564. The molecule has 0 saturated carbocycles. The van der Waals surface area contributed by atoms with E-state index in [4.69, 9.17) is 11.5 Å². The number of hydrogen-bond acceptors (Lipinski definition) is 6. The summed E-state index contributed by atoms with van der Waals surface area (Å²) in [5.41, 5.74) is 9.91. The molecule has 8 heteroatoms. The number of benzene rings is 1. The van der Waals surface area contributed by atoms with Crippen LogP contribution in [0.3, 0.4) is 0 Å². The molecule has 1 aromatic carbocycles. The molecule has 1 rings (SSSR count). The Morgan fingerprint density at radius 1 is 1.19 bits per heavy atom. The number of nitrogens with two attached hydrogens (primary N) is 2. The van der Waals surface area contributed by atoms with Crippen LogP contribution in [0.4, 0.5) is 11.4 Å². The molecular formula is C8H10N4O4. The molecule has 8 nitrogen and oxygen atoms in total. The van der Waals surface area contributed by atoms with Gasteiger partial charge in [-0.25, -0.2) is 0 Å². The topological polar surface area (TPSA) is 138 Å². The van der Waals surface area contributed by atoms with Crippen molar-refractivity contribution in [3.8, 4) is 0 Å². The van der Waals surface area contributed by atoms with Crippen molar-refractivity contribution in [1.29, 1.82) is 0 Å². The van der Waals surface area contributed by atoms with Crippen molar-refractivity contribution in [2.75, 3.05) is 6.54 Å². The lowest BCUT2D eigenvalue weighted by Crippen LogP contribution is -2.22. The molecule has 0 aromatic heterocycles. The maximum atomic E-state index is 10.7. The number of rotatable bonds is 4. The zero-order valence-electron chi connectivity index (χ0n) is 8.20. The Morgan fingerprint density at radius 3 is 1.94 bits per heavy atom. The third kappa shape index (κ3) is 2.12. The minimum absolute atomic E-state index is 0.105. The Balaban J connectivity index is 3.46. The number of hydrogen-bond donors (Lipinski definition) is 2. The summed E-state index contributed by atoms with van der Waals surface area (Å²) in [4.78, 5) is 20.0. The number of nitrogens with zero attached hydrogens (tertiary/aromatic N) is 2. The fourth-order valence-electron chi connectivity index (χ4n) is 1.36. The fourth-order valence-corrected chi connectivity index (χ4v) is 1.36. The van der Waals surface area contributed by atoms with Gasteiger partial charge in [-0.1, -0.05) is 0 Å². The predicted molar refractivity (Wildman–Crippen MR) is 55.7 cm³/mol. The van der Waals surface area contributed by atoms with Gasteiger partial charge in [0.15, 0.2) is 0 Å². The first kappa shape index (κ1) is 12.0. The lowest BCUT2D eigenvalue weighted by Gasteiger charge is -2.09. The maximum Gasteiger partial charge on any atom is 0.281 e. The lowest BCUT2D eigenvalue weighted by molar-refractivity contribution is -0.395. The van der Waals surface area contributed by atoms with Crippen molar-refractivity contribution >= 4 is 11.4 Å². The van der Waals surface area contributed by atoms with Crippen LogP contribution in [0.1, 0.15) is 11.6 Å². The van der Waals surface area contributed by atoms with E-state index in [0.29, 0.717) is 0 Å². The summed E-state index contributed by atoms with van der Waals surface area (Å²) in [5, 5.41) is 21.4. The van der Waals surface area contributed by atoms with E-state index >= 15 is 0 Å². The Kier molecular flexibility index (Phi) is 3.48. The molecule has 0 fully saturated rings. The Labute approximate surface area is 90.1 Å². The third-order valence-electron chi connectivity index (χ3n) is 2.08. The maximum absolute atomic E-state index is 10.7. The van der Waals surface area contributed by atoms with Crippen LogP contribution in [0.15, 0.2) is 18.2 Å². The van der Waals surface area contributed by atoms with Gasteiger partial charge in [0.2, 0.25) is 0 Å². The van der Waals surface area contributed by atoms with E-state index in [0.717, 1.165) is 12.1 Å². The fraction of sp³-hybridized carbons (Fsp3) is 0.250. The molecule has 0 amide bonds. The largest absolute Gasteiger partial charge is 0.329 e. The van der Waals surface area contributed by atoms with Crippen molar-refractivity contribution < 1.29 is 9.85 Å². The molecule has 16 heavy (non-hydrogen) atoms. The second kappa shape index (κ2) is 4.64. The second-order valence-corrected chi connectivity index (χ2v) is 3.07. The van der Waals surface area contributed by atoms with Crippen molar-refractivity contribution in [2.24, 2.45) is 11.5 Å². The summed E-state index contributed by atoms with van der Waals surface area (Å²) in [6.45, 7) is -0.105. The van der Waals surface area contributed by atoms with Crippen molar-refractivity contribution in [2.45, 2.75) is 6.04 Å². The van der Waals surface area contributed by atoms with Gasteiger partial charge in [-0.2, -0.15) is 0 Å². The molecule has 0 aliphatic heterocycles. The first-order valence-electron chi connectivity index (χ1n) is 4.36. The van der Waals surface area contributed by atoms with Crippen LogP contribution in [0.5, 0.6) is 0 Å². The van der Waals surface area contributed by atoms with Gasteiger partial charge in [-0.05, 0) is 6.07 Å². The van der Waals surface area contributed by atoms with Crippen LogP contribution in [-0.4, -0.2) is 16.4 Å². The van der Waals surface area contributed by atoms with Crippen LogP contribution < -0.4 is 11.5 Å². The highest BCUT2D eigenvalue weighted by atomic mass is 16.6. The van der Waals surface area contributed by atoms with E-state index in [1.807, 2.05) is 0 Å². The van der Waals surface area contributed by atoms with E-state index in [2.05, 4.69) is 0 Å². The van der Waals surface area contributed by atoms with Gasteiger partial charge in [0, 0.05) is 18.7 Å². The molecule has 1 aromatic rings. The van der Waals surface area contributed by atoms with E-state index in [9.17, 15) is 20.2 Å². The Morgan fingerprint density at radius 2 is 1.62 bits per heavy atom. The molecule has 0 radical (unpaired) electrons. The average Bonchev–Trinajstić information content (AvgIpc) is 2.26. The zero-order chi connectivity index (χ0) is 12.3. The molecule has 4 N–H and O–H groups in total. The lowest BCUT2D eigenvalue weighted by atomic mass is 10.0. The SMILES string of the molecule is NC[C@@H](N)c1c([N+](=O)[O-])cccc1[N+](=O)[O-]. The van der Waals surface area contributed by atoms with Crippen molar-refractivity contribution in [1.82, 2.24) is 0 Å². The van der Waals surface area contributed by atoms with Crippen LogP contribution >= 0.6 is 0 Å². The third-order valence-corrected chi connectivity index (χ3v) is 2.08. The molecule has 0 heterocycles. The van der Waals surface area contributed by atoms with E-state index in [-0.39, 0.29) is 23.5 Å². The standard InChI is InChI=1S/C8H10N4O4/c9-4-5(10)8-6(11(13)14)2-1-3-7(8)12(15)16/h1-3,5H,4,9-10H2/t5-/m1/s1. The first-order valence-corrected chi connectivity index (χ1v) is 4.36. The molecule has 0 bridgehead atoms. The molecule has 0 aliphatic rings. The highest BCUT2D eigenvalue weighted by Crippen LogP contribution is 2.31. The average molecular weight is 226 g/mol. The van der Waals surface area contributed by atoms with E-state index in [1.165, 1.54) is 6.07 Å². The van der Waals surface area contributed by atoms with Gasteiger partial charge < -0.3 is 11.5 Å². The monoisotopic (exact) mass is 226 g/mol. The van der Waals surface area contributed by atoms with Gasteiger partial charge >= 0.3 is 0 Å². The summed E-state index contributed by atoms with van der Waals surface area (Å²) >= 11 is 0. The zero-order valence-corrected chi connectivity index (χ0v) is 8.20. The molecular weight excluding hydrogens is 216 g/mol. The Bertz CT molecular complexity index is 402. The summed E-state index contributed by atoms with van der Waals surface area (Å²) in [6, 6.07) is 2.64. The van der Waals surface area contributed by atoms with Crippen molar-refractivity contribution in [3.05, 3.63) is 44.0 Å². The van der Waals surface area contributed by atoms with Gasteiger partial charge in [0.25, 0.3) is 11.4 Å². The number of nitro benzene ring substituents is 2. The van der Waals surface area contributed by atoms with E-state index in [1.54, 1.807) is 0 Å². The van der Waals surface area contributed by atoms with Crippen molar-refractivity contribution in [3.63, 3.8) is 0 Å². The molecule has 0 unspecified atom stereocenters. The van der Waals surface area contributed by atoms with Crippen LogP contribution in [-0.2, 0) is 0 Å². The minimum Gasteiger partial charge on any atom is -0.329 e. The van der Waals surface area contributed by atoms with Gasteiger partial charge in [-0.3, -0.25) is 20.2 Å². The molecule has 1 atom stereocenters. The first-order chi connectivity index (χ1) is 7.49. The summed E-state index contributed by atoms with van der Waals surface area (Å²) < 4.78 is 0. The number of nitro groups is 2. The normalized spacial score (nSPS) is 12.1. The second-order valence-electron chi connectivity index (χ2n) is 3.07. The molecule has 0 spiro atoms. The van der Waals surface area contributed by atoms with Crippen LogP contribution in [0.2, 0.25) is 0 Å². The predicted octanol–water partition coefficient (Wildman–Crippen LogP) is 0.462. The molecule has 0 saturated heterocycles. The highest BCUT2D eigenvalue weighted by Gasteiger charge is 2.28. The smallest absolute Gasteiger partial charge is 0.281 e. The molecule has 0 aliphatic carbocycles. The minimum atomic E-state index is -0.929. The van der Waals surface area contributed by atoms with Crippen LogP contribution in [0, 0.1) is 20.2 Å². The summed E-state index contributed by atoms with van der Waals surface area (Å²) in [6.07, 6.45) is 0. The van der Waals surface area contributed by atoms with E-state index < -0.39 is 15.9 Å². The van der Waals surface area contributed by atoms with Gasteiger partial charge in [0.05, 0.1) is 15.9 Å². The Hall–Kier alpha value is -2.06. The van der Waals surface area contributed by atoms with Crippen LogP contribution in [0.25, 0.3) is 0 Å². The summed E-state index contributed by atoms with van der Waals surface area (Å²) in [7, 11) is 0. The summed E-state index contributed by atoms with van der Waals surface area (Å²) in [5.74, 6) is 0.